The summed E-state index contributed by atoms with van der Waals surface area (Å²) >= 11 is 0. The van der Waals surface area contributed by atoms with Crippen molar-refractivity contribution in [2.24, 2.45) is 5.92 Å². The van der Waals surface area contributed by atoms with E-state index in [-0.39, 0.29) is 11.9 Å². The van der Waals surface area contributed by atoms with Gasteiger partial charge in [-0.05, 0) is 26.8 Å². The molecule has 1 unspecified atom stereocenters. The highest BCUT2D eigenvalue weighted by Crippen LogP contribution is 2.26. The zero-order valence-electron chi connectivity index (χ0n) is 12.6. The predicted molar refractivity (Wildman–Crippen MR) is 75.7 cm³/mol. The minimum absolute atomic E-state index is 0.00681. The van der Waals surface area contributed by atoms with Crippen LogP contribution in [0.5, 0.6) is 5.75 Å². The molecular weight excluding hydrogens is 256 g/mol. The number of likely N-dealkylation sites (tertiary alicyclic amines) is 1. The van der Waals surface area contributed by atoms with E-state index in [1.165, 1.54) is 7.11 Å². The standard InChI is InChI=1S/C15H22N2O3/c1-10-7-16-13(11(2)14(10)19-3)9-17-6-5-12(8-17)15(18)20-4/h7,12H,5-6,8-9H2,1-4H3. The number of hydrogen-bond acceptors (Lipinski definition) is 5. The van der Waals surface area contributed by atoms with Crippen LogP contribution in [0.2, 0.25) is 0 Å². The van der Waals surface area contributed by atoms with E-state index < -0.39 is 0 Å². The molecule has 0 aliphatic carbocycles. The van der Waals surface area contributed by atoms with E-state index >= 15 is 0 Å². The molecule has 0 aromatic carbocycles. The third kappa shape index (κ3) is 2.93. The zero-order chi connectivity index (χ0) is 14.7. The second kappa shape index (κ2) is 6.22. The number of aryl methyl sites for hydroxylation is 1. The molecule has 2 heterocycles. The van der Waals surface area contributed by atoms with Crippen molar-refractivity contribution >= 4 is 5.97 Å². The molecule has 1 saturated heterocycles. The molecule has 0 amide bonds. The van der Waals surface area contributed by atoms with Crippen molar-refractivity contribution in [3.8, 4) is 5.75 Å². The maximum atomic E-state index is 11.5. The molecule has 1 aliphatic heterocycles. The smallest absolute Gasteiger partial charge is 0.310 e. The van der Waals surface area contributed by atoms with Gasteiger partial charge in [0.1, 0.15) is 5.75 Å². The van der Waals surface area contributed by atoms with Crippen LogP contribution in [0.1, 0.15) is 23.2 Å². The van der Waals surface area contributed by atoms with E-state index in [2.05, 4.69) is 9.88 Å². The molecular formula is C15H22N2O3. The molecule has 5 nitrogen and oxygen atoms in total. The summed E-state index contributed by atoms with van der Waals surface area (Å²) in [5.41, 5.74) is 3.13. The number of carbonyl (C=O) groups excluding carboxylic acids is 1. The van der Waals surface area contributed by atoms with Crippen molar-refractivity contribution in [3.63, 3.8) is 0 Å². The van der Waals surface area contributed by atoms with E-state index in [0.717, 1.165) is 48.6 Å². The average Bonchev–Trinajstić information content (AvgIpc) is 2.90. The quantitative estimate of drug-likeness (QED) is 0.785. The highest BCUT2D eigenvalue weighted by atomic mass is 16.5. The number of carbonyl (C=O) groups is 1. The summed E-state index contributed by atoms with van der Waals surface area (Å²) in [7, 11) is 3.13. The third-order valence-corrected chi connectivity index (χ3v) is 3.93. The van der Waals surface area contributed by atoms with Crippen LogP contribution in [0.15, 0.2) is 6.20 Å². The monoisotopic (exact) mass is 278 g/mol. The predicted octanol–water partition coefficient (Wildman–Crippen LogP) is 1.70. The fourth-order valence-electron chi connectivity index (χ4n) is 2.78. The number of ether oxygens (including phenoxy) is 2. The summed E-state index contributed by atoms with van der Waals surface area (Å²) in [5.74, 6) is 0.782. The van der Waals surface area contributed by atoms with E-state index in [0.29, 0.717) is 0 Å². The molecule has 2 rings (SSSR count). The molecule has 0 N–H and O–H groups in total. The van der Waals surface area contributed by atoms with Crippen molar-refractivity contribution in [1.82, 2.24) is 9.88 Å². The Morgan fingerprint density at radius 3 is 2.85 bits per heavy atom. The number of rotatable bonds is 4. The Morgan fingerprint density at radius 1 is 1.45 bits per heavy atom. The van der Waals surface area contributed by atoms with Gasteiger partial charge in [-0.15, -0.1) is 0 Å². The van der Waals surface area contributed by atoms with Crippen LogP contribution in [0.25, 0.3) is 0 Å². The first-order valence-electron chi connectivity index (χ1n) is 6.86. The second-order valence-corrected chi connectivity index (χ2v) is 5.29. The van der Waals surface area contributed by atoms with E-state index in [4.69, 9.17) is 9.47 Å². The first-order chi connectivity index (χ1) is 9.56. The number of aromatic nitrogens is 1. The third-order valence-electron chi connectivity index (χ3n) is 3.93. The lowest BCUT2D eigenvalue weighted by Crippen LogP contribution is -2.24. The van der Waals surface area contributed by atoms with Crippen molar-refractivity contribution in [2.45, 2.75) is 26.8 Å². The van der Waals surface area contributed by atoms with Gasteiger partial charge in [0, 0.05) is 30.4 Å². The maximum Gasteiger partial charge on any atom is 0.310 e. The van der Waals surface area contributed by atoms with Gasteiger partial charge >= 0.3 is 5.97 Å². The van der Waals surface area contributed by atoms with Gasteiger partial charge in [-0.2, -0.15) is 0 Å². The van der Waals surface area contributed by atoms with Gasteiger partial charge in [-0.1, -0.05) is 0 Å². The fraction of sp³-hybridized carbons (Fsp3) is 0.600. The first-order valence-corrected chi connectivity index (χ1v) is 6.86. The molecule has 0 saturated carbocycles. The lowest BCUT2D eigenvalue weighted by atomic mass is 10.1. The van der Waals surface area contributed by atoms with Crippen molar-refractivity contribution < 1.29 is 14.3 Å². The fourth-order valence-corrected chi connectivity index (χ4v) is 2.78. The van der Waals surface area contributed by atoms with Crippen LogP contribution in [0.4, 0.5) is 0 Å². The van der Waals surface area contributed by atoms with Gasteiger partial charge in [0.25, 0.3) is 0 Å². The van der Waals surface area contributed by atoms with Crippen LogP contribution >= 0.6 is 0 Å². The van der Waals surface area contributed by atoms with Gasteiger partial charge in [-0.3, -0.25) is 14.7 Å². The van der Waals surface area contributed by atoms with Crippen LogP contribution in [-0.4, -0.2) is 43.2 Å². The topological polar surface area (TPSA) is 51.7 Å². The molecule has 1 atom stereocenters. The van der Waals surface area contributed by atoms with Gasteiger partial charge in [0.2, 0.25) is 0 Å². The highest BCUT2D eigenvalue weighted by molar-refractivity contribution is 5.72. The summed E-state index contributed by atoms with van der Waals surface area (Å²) in [5, 5.41) is 0. The average molecular weight is 278 g/mol. The molecule has 1 fully saturated rings. The molecule has 5 heteroatoms. The van der Waals surface area contributed by atoms with Crippen LogP contribution < -0.4 is 4.74 Å². The van der Waals surface area contributed by atoms with Gasteiger partial charge in [-0.25, -0.2) is 0 Å². The SMILES string of the molecule is COC(=O)C1CCN(Cc2ncc(C)c(OC)c2C)C1. The Balaban J connectivity index is 2.07. The van der Waals surface area contributed by atoms with E-state index in [9.17, 15) is 4.79 Å². The number of pyridine rings is 1. The Morgan fingerprint density at radius 2 is 2.20 bits per heavy atom. The molecule has 1 aromatic heterocycles. The molecule has 0 radical (unpaired) electrons. The van der Waals surface area contributed by atoms with Gasteiger partial charge < -0.3 is 9.47 Å². The summed E-state index contributed by atoms with van der Waals surface area (Å²) in [6.07, 6.45) is 2.70. The largest absolute Gasteiger partial charge is 0.496 e. The summed E-state index contributed by atoms with van der Waals surface area (Å²) in [6.45, 7) is 6.41. The van der Waals surface area contributed by atoms with Crippen molar-refractivity contribution in [3.05, 3.63) is 23.0 Å². The molecule has 20 heavy (non-hydrogen) atoms. The van der Waals surface area contributed by atoms with Crippen molar-refractivity contribution in [2.75, 3.05) is 27.3 Å². The number of hydrogen-bond donors (Lipinski definition) is 0. The van der Waals surface area contributed by atoms with Gasteiger partial charge in [0.05, 0.1) is 25.8 Å². The Hall–Kier alpha value is -1.62. The number of esters is 1. The molecule has 110 valence electrons. The van der Waals surface area contributed by atoms with E-state index in [1.54, 1.807) is 7.11 Å². The minimum Gasteiger partial charge on any atom is -0.496 e. The highest BCUT2D eigenvalue weighted by Gasteiger charge is 2.29. The maximum absolute atomic E-state index is 11.5. The Kier molecular flexibility index (Phi) is 4.60. The number of nitrogens with zero attached hydrogens (tertiary/aromatic N) is 2. The lowest BCUT2D eigenvalue weighted by Gasteiger charge is -2.18. The molecule has 1 aromatic rings. The molecule has 1 aliphatic rings. The zero-order valence-corrected chi connectivity index (χ0v) is 12.6. The van der Waals surface area contributed by atoms with Crippen LogP contribution in [0.3, 0.4) is 0 Å². The summed E-state index contributed by atoms with van der Waals surface area (Å²) in [4.78, 5) is 18.3. The lowest BCUT2D eigenvalue weighted by molar-refractivity contribution is -0.144. The van der Waals surface area contributed by atoms with Crippen LogP contribution in [0, 0.1) is 19.8 Å². The Bertz CT molecular complexity index is 502. The first kappa shape index (κ1) is 14.8. The summed E-state index contributed by atoms with van der Waals surface area (Å²) < 4.78 is 10.2. The normalized spacial score (nSPS) is 19.1. The van der Waals surface area contributed by atoms with Crippen LogP contribution in [-0.2, 0) is 16.1 Å². The number of methoxy groups -OCH3 is 2. The van der Waals surface area contributed by atoms with Gasteiger partial charge in [0.15, 0.2) is 0 Å². The van der Waals surface area contributed by atoms with E-state index in [1.807, 2.05) is 20.0 Å². The summed E-state index contributed by atoms with van der Waals surface area (Å²) in [6, 6.07) is 0. The second-order valence-electron chi connectivity index (χ2n) is 5.29. The minimum atomic E-state index is -0.112. The molecule has 0 spiro atoms. The molecule has 0 bridgehead atoms. The Labute approximate surface area is 119 Å². The van der Waals surface area contributed by atoms with Crippen molar-refractivity contribution in [1.29, 1.82) is 0 Å².